The summed E-state index contributed by atoms with van der Waals surface area (Å²) in [6.07, 6.45) is 3.44. The van der Waals surface area contributed by atoms with E-state index < -0.39 is 0 Å². The van der Waals surface area contributed by atoms with E-state index in [1.807, 2.05) is 13.8 Å². The molecule has 0 spiro atoms. The third kappa shape index (κ3) is 4.58. The Bertz CT molecular complexity index is 266. The Kier molecular flexibility index (Phi) is 6.09. The summed E-state index contributed by atoms with van der Waals surface area (Å²) < 4.78 is 0. The number of likely N-dealkylation sites (tertiary alicyclic amines) is 1. The van der Waals surface area contributed by atoms with Crippen molar-refractivity contribution in [2.24, 2.45) is 11.7 Å². The summed E-state index contributed by atoms with van der Waals surface area (Å²) in [6, 6.07) is 0.843. The summed E-state index contributed by atoms with van der Waals surface area (Å²) in [6.45, 7) is 10.8. The van der Waals surface area contributed by atoms with Crippen molar-refractivity contribution < 1.29 is 4.79 Å². The molecule has 0 aromatic heterocycles. The molecule has 0 aromatic rings. The molecule has 1 amide bonds. The quantitative estimate of drug-likeness (QED) is 0.779. The molecule has 18 heavy (non-hydrogen) atoms. The van der Waals surface area contributed by atoms with Crippen LogP contribution in [0.1, 0.15) is 47.0 Å². The van der Waals surface area contributed by atoms with Crippen molar-refractivity contribution in [1.29, 1.82) is 0 Å². The van der Waals surface area contributed by atoms with Gasteiger partial charge in [0.1, 0.15) is 0 Å². The standard InChI is InChI=1S/C14H29N3O/c1-10(2)13(14(15)18)16-12-6-5-8-17(9-7-12)11(3)4/h10-13,16H,5-9H2,1-4H3,(H2,15,18). The normalized spacial score (nSPS) is 24.2. The fraction of sp³-hybridized carbons (Fsp3) is 0.929. The third-order valence-electron chi connectivity index (χ3n) is 3.88. The molecule has 1 fully saturated rings. The molecule has 1 saturated heterocycles. The van der Waals surface area contributed by atoms with Gasteiger partial charge in [-0.3, -0.25) is 4.79 Å². The molecule has 0 aliphatic carbocycles. The van der Waals surface area contributed by atoms with E-state index in [1.165, 1.54) is 13.0 Å². The zero-order chi connectivity index (χ0) is 13.7. The van der Waals surface area contributed by atoms with Gasteiger partial charge in [0.05, 0.1) is 6.04 Å². The number of nitrogens with one attached hydrogen (secondary N) is 1. The summed E-state index contributed by atoms with van der Waals surface area (Å²) in [5.74, 6) is 0.0296. The molecular weight excluding hydrogens is 226 g/mol. The van der Waals surface area contributed by atoms with E-state index in [-0.39, 0.29) is 17.9 Å². The van der Waals surface area contributed by atoms with Crippen LogP contribution in [0.3, 0.4) is 0 Å². The van der Waals surface area contributed by atoms with Crippen LogP contribution in [-0.4, -0.2) is 42.0 Å². The van der Waals surface area contributed by atoms with Crippen LogP contribution in [0.5, 0.6) is 0 Å². The number of rotatable bonds is 5. The maximum atomic E-state index is 11.4. The Morgan fingerprint density at radius 3 is 2.39 bits per heavy atom. The van der Waals surface area contributed by atoms with E-state index in [9.17, 15) is 4.79 Å². The molecule has 0 radical (unpaired) electrons. The molecule has 0 saturated carbocycles. The van der Waals surface area contributed by atoms with Gasteiger partial charge in [0.15, 0.2) is 0 Å². The first-order chi connectivity index (χ1) is 8.41. The number of hydrogen-bond acceptors (Lipinski definition) is 3. The second-order valence-corrected chi connectivity index (χ2v) is 6.05. The van der Waals surface area contributed by atoms with Gasteiger partial charge in [0.25, 0.3) is 0 Å². The van der Waals surface area contributed by atoms with Crippen LogP contribution in [0, 0.1) is 5.92 Å². The lowest BCUT2D eigenvalue weighted by molar-refractivity contribution is -0.121. The molecule has 4 nitrogen and oxygen atoms in total. The van der Waals surface area contributed by atoms with Crippen LogP contribution >= 0.6 is 0 Å². The number of primary amides is 1. The predicted molar refractivity (Wildman–Crippen MR) is 75.3 cm³/mol. The van der Waals surface area contributed by atoms with E-state index in [4.69, 9.17) is 5.73 Å². The second kappa shape index (κ2) is 7.10. The molecule has 106 valence electrons. The highest BCUT2D eigenvalue weighted by Crippen LogP contribution is 2.15. The van der Waals surface area contributed by atoms with Gasteiger partial charge in [0, 0.05) is 12.1 Å². The Labute approximate surface area is 111 Å². The fourth-order valence-corrected chi connectivity index (χ4v) is 2.66. The van der Waals surface area contributed by atoms with Crippen molar-refractivity contribution in [3.05, 3.63) is 0 Å². The molecule has 0 bridgehead atoms. The van der Waals surface area contributed by atoms with Gasteiger partial charge < -0.3 is 16.0 Å². The number of hydrogen-bond donors (Lipinski definition) is 2. The van der Waals surface area contributed by atoms with Crippen molar-refractivity contribution in [3.8, 4) is 0 Å². The summed E-state index contributed by atoms with van der Waals surface area (Å²) in [7, 11) is 0. The highest BCUT2D eigenvalue weighted by Gasteiger charge is 2.25. The van der Waals surface area contributed by atoms with Crippen LogP contribution in [-0.2, 0) is 4.79 Å². The van der Waals surface area contributed by atoms with Gasteiger partial charge in [-0.05, 0) is 52.1 Å². The molecule has 4 heteroatoms. The largest absolute Gasteiger partial charge is 0.368 e. The van der Waals surface area contributed by atoms with Crippen LogP contribution < -0.4 is 11.1 Å². The monoisotopic (exact) mass is 255 g/mol. The first-order valence-corrected chi connectivity index (χ1v) is 7.21. The lowest BCUT2D eigenvalue weighted by Crippen LogP contribution is -2.49. The fourth-order valence-electron chi connectivity index (χ4n) is 2.66. The van der Waals surface area contributed by atoms with Crippen molar-refractivity contribution >= 4 is 5.91 Å². The zero-order valence-corrected chi connectivity index (χ0v) is 12.3. The molecule has 0 aromatic carbocycles. The molecule has 2 atom stereocenters. The maximum absolute atomic E-state index is 11.4. The Morgan fingerprint density at radius 1 is 1.22 bits per heavy atom. The molecule has 1 heterocycles. The number of nitrogens with zero attached hydrogens (tertiary/aromatic N) is 1. The lowest BCUT2D eigenvalue weighted by atomic mass is 10.0. The topological polar surface area (TPSA) is 58.4 Å². The van der Waals surface area contributed by atoms with Gasteiger partial charge in [-0.15, -0.1) is 0 Å². The van der Waals surface area contributed by atoms with Crippen molar-refractivity contribution in [3.63, 3.8) is 0 Å². The van der Waals surface area contributed by atoms with E-state index in [0.29, 0.717) is 12.1 Å². The van der Waals surface area contributed by atoms with Gasteiger partial charge >= 0.3 is 0 Å². The molecule has 1 aliphatic rings. The minimum Gasteiger partial charge on any atom is -0.368 e. The molecule has 1 rings (SSSR count). The summed E-state index contributed by atoms with van der Waals surface area (Å²) in [4.78, 5) is 13.9. The average molecular weight is 255 g/mol. The van der Waals surface area contributed by atoms with E-state index in [0.717, 1.165) is 19.4 Å². The van der Waals surface area contributed by atoms with Crippen molar-refractivity contribution in [2.45, 2.75) is 65.1 Å². The first kappa shape index (κ1) is 15.4. The SMILES string of the molecule is CC(C)C(NC1CCCN(C(C)C)CC1)C(N)=O. The van der Waals surface area contributed by atoms with Crippen LogP contribution in [0.25, 0.3) is 0 Å². The minimum atomic E-state index is -0.227. The summed E-state index contributed by atoms with van der Waals surface area (Å²) in [5, 5.41) is 3.45. The van der Waals surface area contributed by atoms with E-state index >= 15 is 0 Å². The number of amides is 1. The van der Waals surface area contributed by atoms with Gasteiger partial charge in [-0.2, -0.15) is 0 Å². The average Bonchev–Trinajstić information content (AvgIpc) is 2.50. The van der Waals surface area contributed by atoms with Crippen molar-refractivity contribution in [2.75, 3.05) is 13.1 Å². The predicted octanol–water partition coefficient (Wildman–Crippen LogP) is 1.35. The summed E-state index contributed by atoms with van der Waals surface area (Å²) in [5.41, 5.74) is 5.46. The van der Waals surface area contributed by atoms with E-state index in [2.05, 4.69) is 24.1 Å². The van der Waals surface area contributed by atoms with Gasteiger partial charge in [-0.25, -0.2) is 0 Å². The first-order valence-electron chi connectivity index (χ1n) is 7.21. The minimum absolute atomic E-state index is 0.194. The van der Waals surface area contributed by atoms with Crippen LogP contribution in [0.4, 0.5) is 0 Å². The second-order valence-electron chi connectivity index (χ2n) is 6.05. The number of nitrogens with two attached hydrogens (primary N) is 1. The molecular formula is C14H29N3O. The van der Waals surface area contributed by atoms with Crippen LogP contribution in [0.2, 0.25) is 0 Å². The molecule has 1 aliphatic heterocycles. The maximum Gasteiger partial charge on any atom is 0.234 e. The smallest absolute Gasteiger partial charge is 0.234 e. The Morgan fingerprint density at radius 2 is 1.89 bits per heavy atom. The van der Waals surface area contributed by atoms with E-state index in [1.54, 1.807) is 0 Å². The third-order valence-corrected chi connectivity index (χ3v) is 3.88. The number of carbonyl (C=O) groups excluding carboxylic acids is 1. The highest BCUT2D eigenvalue weighted by atomic mass is 16.1. The molecule has 3 N–H and O–H groups in total. The highest BCUT2D eigenvalue weighted by molar-refractivity contribution is 5.80. The lowest BCUT2D eigenvalue weighted by Gasteiger charge is -2.26. The van der Waals surface area contributed by atoms with Gasteiger partial charge in [0.2, 0.25) is 5.91 Å². The Hall–Kier alpha value is -0.610. The van der Waals surface area contributed by atoms with Crippen molar-refractivity contribution in [1.82, 2.24) is 10.2 Å². The zero-order valence-electron chi connectivity index (χ0n) is 12.3. The van der Waals surface area contributed by atoms with Crippen LogP contribution in [0.15, 0.2) is 0 Å². The van der Waals surface area contributed by atoms with Gasteiger partial charge in [-0.1, -0.05) is 13.8 Å². The summed E-state index contributed by atoms with van der Waals surface area (Å²) >= 11 is 0. The molecule has 2 unspecified atom stereocenters. The Balaban J connectivity index is 2.50. The number of carbonyl (C=O) groups is 1.